The number of thioether (sulfide) groups is 1. The number of fused-ring (bicyclic) bond motifs is 1. The lowest BCUT2D eigenvalue weighted by Crippen LogP contribution is -2.38. The van der Waals surface area contributed by atoms with Gasteiger partial charge < -0.3 is 9.64 Å². The third kappa shape index (κ3) is 3.87. The van der Waals surface area contributed by atoms with E-state index in [9.17, 15) is 13.2 Å². The maximum Gasteiger partial charge on any atom is 0.256 e. The number of pyridine rings is 1. The topological polar surface area (TPSA) is 76.6 Å². The molecule has 6 nitrogen and oxygen atoms in total. The van der Waals surface area contributed by atoms with Crippen molar-refractivity contribution in [1.82, 2.24) is 9.88 Å². The number of aromatic nitrogens is 1. The van der Waals surface area contributed by atoms with E-state index in [0.29, 0.717) is 34.8 Å². The maximum absolute atomic E-state index is 13.7. The molecule has 1 aromatic heterocycles. The lowest BCUT2D eigenvalue weighted by atomic mass is 10.1. The van der Waals surface area contributed by atoms with E-state index in [2.05, 4.69) is 4.98 Å². The molecule has 1 fully saturated rings. The van der Waals surface area contributed by atoms with Gasteiger partial charge in [-0.3, -0.25) is 9.78 Å². The number of hydrogen-bond acceptors (Lipinski definition) is 6. The number of hydrogen-bond donors (Lipinski definition) is 0. The van der Waals surface area contributed by atoms with Crippen molar-refractivity contribution in [3.05, 3.63) is 59.2 Å². The van der Waals surface area contributed by atoms with Gasteiger partial charge in [-0.15, -0.1) is 0 Å². The number of methoxy groups -OCH3 is 1. The summed E-state index contributed by atoms with van der Waals surface area (Å²) in [5.74, 6) is 1.84. The normalized spacial score (nSPS) is 14.7. The second-order valence-electron chi connectivity index (χ2n) is 6.75. The van der Waals surface area contributed by atoms with E-state index in [1.54, 1.807) is 47.0 Å². The molecule has 4 rings (SSSR count). The van der Waals surface area contributed by atoms with Crippen molar-refractivity contribution in [3.8, 4) is 5.75 Å². The van der Waals surface area contributed by atoms with E-state index >= 15 is 0 Å². The molecule has 0 aliphatic carbocycles. The van der Waals surface area contributed by atoms with Gasteiger partial charge in [0.2, 0.25) is 9.84 Å². The van der Waals surface area contributed by atoms with Gasteiger partial charge >= 0.3 is 0 Å². The zero-order chi connectivity index (χ0) is 21.3. The zero-order valence-corrected chi connectivity index (χ0v) is 18.6. The quantitative estimate of drug-likeness (QED) is 0.585. The Hall–Kier alpha value is -2.29. The Kier molecular flexibility index (Phi) is 5.90. The van der Waals surface area contributed by atoms with Gasteiger partial charge in [0, 0.05) is 41.2 Å². The first-order valence-electron chi connectivity index (χ1n) is 9.26. The molecule has 0 N–H and O–H groups in total. The molecule has 30 heavy (non-hydrogen) atoms. The van der Waals surface area contributed by atoms with Gasteiger partial charge in [0.15, 0.2) is 0 Å². The third-order valence-electron chi connectivity index (χ3n) is 4.95. The van der Waals surface area contributed by atoms with Crippen LogP contribution in [-0.2, 0) is 9.84 Å². The Morgan fingerprint density at radius 1 is 1.13 bits per heavy atom. The minimum Gasteiger partial charge on any atom is -0.497 e. The Labute approximate surface area is 184 Å². The number of carbonyl (C=O) groups is 1. The second-order valence-corrected chi connectivity index (χ2v) is 10.3. The molecular formula is C21H19ClN2O4S2. The molecule has 1 aliphatic heterocycles. The van der Waals surface area contributed by atoms with E-state index in [1.807, 2.05) is 0 Å². The molecule has 0 saturated carbocycles. The number of rotatable bonds is 4. The Balaban J connectivity index is 1.94. The van der Waals surface area contributed by atoms with Crippen LogP contribution in [0.25, 0.3) is 10.9 Å². The van der Waals surface area contributed by atoms with E-state index in [1.165, 1.54) is 25.4 Å². The molecular weight excluding hydrogens is 444 g/mol. The van der Waals surface area contributed by atoms with Crippen molar-refractivity contribution in [3.63, 3.8) is 0 Å². The summed E-state index contributed by atoms with van der Waals surface area (Å²) in [5, 5.41) is 0.699. The van der Waals surface area contributed by atoms with Crippen LogP contribution < -0.4 is 4.74 Å². The summed E-state index contributed by atoms with van der Waals surface area (Å²) in [5.41, 5.74) is 0.518. The van der Waals surface area contributed by atoms with Gasteiger partial charge in [-0.05, 0) is 42.5 Å². The number of nitrogens with zero attached hydrogens (tertiary/aromatic N) is 2. The second kappa shape index (κ2) is 8.45. The highest BCUT2D eigenvalue weighted by atomic mass is 35.5. The lowest BCUT2D eigenvalue weighted by Gasteiger charge is -2.27. The Bertz CT molecular complexity index is 1210. The highest BCUT2D eigenvalue weighted by molar-refractivity contribution is 7.99. The van der Waals surface area contributed by atoms with E-state index in [0.717, 1.165) is 11.5 Å². The molecule has 2 aromatic carbocycles. The average molecular weight is 463 g/mol. The Morgan fingerprint density at radius 2 is 1.83 bits per heavy atom. The van der Waals surface area contributed by atoms with E-state index < -0.39 is 9.84 Å². The van der Waals surface area contributed by atoms with Crippen LogP contribution in [0.1, 0.15) is 10.4 Å². The first-order valence-corrected chi connectivity index (χ1v) is 12.3. The summed E-state index contributed by atoms with van der Waals surface area (Å²) in [6.07, 6.45) is 1.36. The summed E-state index contributed by atoms with van der Waals surface area (Å²) in [6, 6.07) is 10.9. The van der Waals surface area contributed by atoms with Crippen molar-refractivity contribution in [2.75, 3.05) is 31.7 Å². The van der Waals surface area contributed by atoms with Crippen molar-refractivity contribution in [2.24, 2.45) is 0 Å². The molecule has 0 atom stereocenters. The monoisotopic (exact) mass is 462 g/mol. The summed E-state index contributed by atoms with van der Waals surface area (Å²) >= 11 is 7.94. The molecule has 1 amide bonds. The molecule has 3 aromatic rings. The smallest absolute Gasteiger partial charge is 0.256 e. The molecule has 9 heteroatoms. The van der Waals surface area contributed by atoms with Crippen LogP contribution in [0.4, 0.5) is 0 Å². The SMILES string of the molecule is COc1ccc(S(=O)(=O)c2c(C(=O)N3CCSCC3)cnc3ccc(Cl)cc23)cc1. The summed E-state index contributed by atoms with van der Waals surface area (Å²) < 4.78 is 32.5. The Morgan fingerprint density at radius 3 is 2.50 bits per heavy atom. The average Bonchev–Trinajstić information content (AvgIpc) is 2.78. The summed E-state index contributed by atoms with van der Waals surface area (Å²) in [7, 11) is -2.52. The standard InChI is InChI=1S/C21H19ClN2O4S2/c1-28-15-3-5-16(6-4-15)30(26,27)20-17-12-14(22)2-7-19(17)23-13-18(20)21(25)24-8-10-29-11-9-24/h2-7,12-13H,8-11H2,1H3. The van der Waals surface area contributed by atoms with Crippen LogP contribution in [0.5, 0.6) is 5.75 Å². The highest BCUT2D eigenvalue weighted by Crippen LogP contribution is 2.33. The van der Waals surface area contributed by atoms with Crippen LogP contribution >= 0.6 is 23.4 Å². The van der Waals surface area contributed by atoms with Gasteiger partial charge in [-0.1, -0.05) is 11.6 Å². The minimum absolute atomic E-state index is 0.0625. The van der Waals surface area contributed by atoms with Gasteiger partial charge in [-0.2, -0.15) is 11.8 Å². The minimum atomic E-state index is -4.03. The number of halogens is 1. The predicted molar refractivity (Wildman–Crippen MR) is 118 cm³/mol. The number of amides is 1. The van der Waals surface area contributed by atoms with Gasteiger partial charge in [0.05, 0.1) is 28.0 Å². The lowest BCUT2D eigenvalue weighted by molar-refractivity contribution is 0.0768. The van der Waals surface area contributed by atoms with Crippen molar-refractivity contribution in [2.45, 2.75) is 9.79 Å². The van der Waals surface area contributed by atoms with Crippen LogP contribution in [0, 0.1) is 0 Å². The number of ether oxygens (including phenoxy) is 1. The number of sulfone groups is 1. The number of benzene rings is 2. The fourth-order valence-electron chi connectivity index (χ4n) is 3.39. The van der Waals surface area contributed by atoms with Crippen molar-refractivity contribution >= 4 is 50.0 Å². The van der Waals surface area contributed by atoms with E-state index in [-0.39, 0.29) is 21.3 Å². The zero-order valence-electron chi connectivity index (χ0n) is 16.2. The molecule has 0 unspecified atom stereocenters. The van der Waals surface area contributed by atoms with E-state index in [4.69, 9.17) is 16.3 Å². The first-order chi connectivity index (χ1) is 14.4. The molecule has 0 radical (unpaired) electrons. The van der Waals surface area contributed by atoms with Gasteiger partial charge in [-0.25, -0.2) is 8.42 Å². The molecule has 2 heterocycles. The molecule has 156 valence electrons. The third-order valence-corrected chi connectivity index (χ3v) is 8.00. The molecule has 1 aliphatic rings. The van der Waals surface area contributed by atoms with Crippen LogP contribution in [0.15, 0.2) is 58.5 Å². The fourth-order valence-corrected chi connectivity index (χ4v) is 6.08. The van der Waals surface area contributed by atoms with Crippen LogP contribution in [0.3, 0.4) is 0 Å². The van der Waals surface area contributed by atoms with Gasteiger partial charge in [0.1, 0.15) is 5.75 Å². The summed E-state index contributed by atoms with van der Waals surface area (Å²) in [6.45, 7) is 1.14. The highest BCUT2D eigenvalue weighted by Gasteiger charge is 2.30. The van der Waals surface area contributed by atoms with Crippen molar-refractivity contribution < 1.29 is 17.9 Å². The van der Waals surface area contributed by atoms with Crippen molar-refractivity contribution in [1.29, 1.82) is 0 Å². The van der Waals surface area contributed by atoms with Gasteiger partial charge in [0.25, 0.3) is 5.91 Å². The maximum atomic E-state index is 13.7. The fraction of sp³-hybridized carbons (Fsp3) is 0.238. The molecule has 1 saturated heterocycles. The van der Waals surface area contributed by atoms with Crippen LogP contribution in [-0.4, -0.2) is 55.9 Å². The van der Waals surface area contributed by atoms with Crippen LogP contribution in [0.2, 0.25) is 5.02 Å². The molecule has 0 spiro atoms. The molecule has 0 bridgehead atoms. The first kappa shape index (κ1) is 21.0. The largest absolute Gasteiger partial charge is 0.497 e. The number of carbonyl (C=O) groups excluding carboxylic acids is 1. The summed E-state index contributed by atoms with van der Waals surface area (Å²) in [4.78, 5) is 19.3. The predicted octanol–water partition coefficient (Wildman–Crippen LogP) is 3.92.